The molecular formula is C16H23N4O3+. The van der Waals surface area contributed by atoms with Crippen molar-refractivity contribution in [2.45, 2.75) is 13.5 Å². The van der Waals surface area contributed by atoms with Crippen LogP contribution in [0.15, 0.2) is 18.2 Å². The van der Waals surface area contributed by atoms with Gasteiger partial charge in [0.05, 0.1) is 30.9 Å². The summed E-state index contributed by atoms with van der Waals surface area (Å²) in [5.41, 5.74) is 2.63. The molecule has 1 amide bonds. The summed E-state index contributed by atoms with van der Waals surface area (Å²) in [5, 5.41) is 2.71. The van der Waals surface area contributed by atoms with E-state index in [0.29, 0.717) is 12.3 Å². The SMILES string of the molecule is CCOC(=O)Nc1ccc2c(c1)nc(C[NH+]1CCOCC1)n2C. The van der Waals surface area contributed by atoms with E-state index in [2.05, 4.69) is 9.88 Å². The number of quaternary nitrogens is 1. The number of carbonyl (C=O) groups is 1. The minimum absolute atomic E-state index is 0.351. The highest BCUT2D eigenvalue weighted by Crippen LogP contribution is 2.19. The predicted molar refractivity (Wildman–Crippen MR) is 86.6 cm³/mol. The number of carbonyl (C=O) groups excluding carboxylic acids is 1. The fourth-order valence-corrected chi connectivity index (χ4v) is 2.83. The highest BCUT2D eigenvalue weighted by molar-refractivity contribution is 5.88. The van der Waals surface area contributed by atoms with Gasteiger partial charge in [-0.15, -0.1) is 0 Å². The summed E-state index contributed by atoms with van der Waals surface area (Å²) in [6.45, 7) is 6.67. The summed E-state index contributed by atoms with van der Waals surface area (Å²) in [6, 6.07) is 5.72. The number of nitrogens with zero attached hydrogens (tertiary/aromatic N) is 2. The highest BCUT2D eigenvalue weighted by atomic mass is 16.5. The number of imidazole rings is 1. The Balaban J connectivity index is 1.78. The van der Waals surface area contributed by atoms with Crippen molar-refractivity contribution in [3.63, 3.8) is 0 Å². The number of rotatable bonds is 4. The average molecular weight is 319 g/mol. The Bertz CT molecular complexity index is 692. The highest BCUT2D eigenvalue weighted by Gasteiger charge is 2.18. The van der Waals surface area contributed by atoms with E-state index in [1.807, 2.05) is 25.2 Å². The van der Waals surface area contributed by atoms with Crippen LogP contribution < -0.4 is 10.2 Å². The predicted octanol–water partition coefficient (Wildman–Crippen LogP) is 0.557. The molecule has 3 rings (SSSR count). The van der Waals surface area contributed by atoms with Gasteiger partial charge in [-0.3, -0.25) is 5.32 Å². The number of fused-ring (bicyclic) bond motifs is 1. The Morgan fingerprint density at radius 1 is 1.43 bits per heavy atom. The van der Waals surface area contributed by atoms with Gasteiger partial charge in [-0.05, 0) is 25.1 Å². The van der Waals surface area contributed by atoms with Crippen molar-refractivity contribution >= 4 is 22.8 Å². The van der Waals surface area contributed by atoms with Crippen LogP contribution in [0.25, 0.3) is 11.0 Å². The first-order chi connectivity index (χ1) is 11.2. The second-order valence-electron chi connectivity index (χ2n) is 5.68. The molecule has 0 saturated carbocycles. The van der Waals surface area contributed by atoms with Crippen molar-refractivity contribution < 1.29 is 19.2 Å². The zero-order valence-corrected chi connectivity index (χ0v) is 13.6. The maximum atomic E-state index is 11.5. The van der Waals surface area contributed by atoms with Crippen LogP contribution >= 0.6 is 0 Å². The number of amides is 1. The number of nitrogens with one attached hydrogen (secondary N) is 2. The van der Waals surface area contributed by atoms with Crippen LogP contribution in [0.4, 0.5) is 10.5 Å². The first kappa shape index (κ1) is 15.8. The standard InChI is InChI=1S/C16H22N4O3/c1-3-23-16(21)17-12-4-5-14-13(10-12)18-15(19(14)2)11-20-6-8-22-9-7-20/h4-5,10H,3,6-9,11H2,1-2H3,(H,17,21)/p+1. The van der Waals surface area contributed by atoms with E-state index in [0.717, 1.165) is 49.7 Å². The van der Waals surface area contributed by atoms with Gasteiger partial charge in [0.25, 0.3) is 0 Å². The zero-order chi connectivity index (χ0) is 16.2. The van der Waals surface area contributed by atoms with Crippen molar-refractivity contribution in [1.82, 2.24) is 9.55 Å². The van der Waals surface area contributed by atoms with Crippen LogP contribution in [0.3, 0.4) is 0 Å². The van der Waals surface area contributed by atoms with Gasteiger partial charge in [0.15, 0.2) is 5.82 Å². The van der Waals surface area contributed by atoms with Gasteiger partial charge in [0.1, 0.15) is 19.6 Å². The third kappa shape index (κ3) is 3.62. The fraction of sp³-hybridized carbons (Fsp3) is 0.500. The largest absolute Gasteiger partial charge is 0.450 e. The molecule has 124 valence electrons. The van der Waals surface area contributed by atoms with Crippen molar-refractivity contribution in [3.05, 3.63) is 24.0 Å². The van der Waals surface area contributed by atoms with Gasteiger partial charge in [0.2, 0.25) is 0 Å². The smallest absolute Gasteiger partial charge is 0.411 e. The number of hydrogen-bond donors (Lipinski definition) is 2. The summed E-state index contributed by atoms with van der Waals surface area (Å²) in [6.07, 6.45) is -0.444. The van der Waals surface area contributed by atoms with Crippen LogP contribution in [-0.4, -0.2) is 48.6 Å². The molecule has 2 aromatic rings. The second-order valence-corrected chi connectivity index (χ2v) is 5.68. The molecule has 2 heterocycles. The molecule has 0 aliphatic carbocycles. The van der Waals surface area contributed by atoms with Gasteiger partial charge < -0.3 is 18.9 Å². The number of anilines is 1. The fourth-order valence-electron chi connectivity index (χ4n) is 2.83. The molecule has 1 fully saturated rings. The normalized spacial score (nSPS) is 15.7. The summed E-state index contributed by atoms with van der Waals surface area (Å²) in [4.78, 5) is 17.7. The molecule has 1 aliphatic rings. The van der Waals surface area contributed by atoms with E-state index in [1.54, 1.807) is 6.92 Å². The number of aryl methyl sites for hydroxylation is 1. The maximum absolute atomic E-state index is 11.5. The lowest BCUT2D eigenvalue weighted by atomic mass is 10.3. The van der Waals surface area contributed by atoms with Crippen molar-refractivity contribution in [1.29, 1.82) is 0 Å². The second kappa shape index (κ2) is 6.97. The molecule has 0 spiro atoms. The lowest BCUT2D eigenvalue weighted by Gasteiger charge is -2.23. The molecule has 7 nitrogen and oxygen atoms in total. The number of ether oxygens (including phenoxy) is 2. The third-order valence-corrected chi connectivity index (χ3v) is 4.10. The van der Waals surface area contributed by atoms with Crippen LogP contribution in [0.5, 0.6) is 0 Å². The molecular weight excluding hydrogens is 296 g/mol. The Kier molecular flexibility index (Phi) is 4.78. The Hall–Kier alpha value is -2.12. The third-order valence-electron chi connectivity index (χ3n) is 4.10. The van der Waals surface area contributed by atoms with Gasteiger partial charge in [0, 0.05) is 12.7 Å². The van der Waals surface area contributed by atoms with Gasteiger partial charge in [-0.1, -0.05) is 0 Å². The number of morpholine rings is 1. The van der Waals surface area contributed by atoms with Crippen molar-refractivity contribution in [2.24, 2.45) is 7.05 Å². The lowest BCUT2D eigenvalue weighted by Crippen LogP contribution is -3.12. The van der Waals surface area contributed by atoms with E-state index in [1.165, 1.54) is 4.90 Å². The molecule has 0 unspecified atom stereocenters. The number of hydrogen-bond acceptors (Lipinski definition) is 4. The minimum Gasteiger partial charge on any atom is -0.450 e. The zero-order valence-electron chi connectivity index (χ0n) is 13.6. The molecule has 7 heteroatoms. The molecule has 1 aliphatic heterocycles. The topological polar surface area (TPSA) is 69.8 Å². The monoisotopic (exact) mass is 319 g/mol. The maximum Gasteiger partial charge on any atom is 0.411 e. The minimum atomic E-state index is -0.444. The van der Waals surface area contributed by atoms with E-state index in [-0.39, 0.29) is 0 Å². The van der Waals surface area contributed by atoms with Gasteiger partial charge in [-0.2, -0.15) is 0 Å². The van der Waals surface area contributed by atoms with E-state index in [4.69, 9.17) is 14.5 Å². The van der Waals surface area contributed by atoms with Gasteiger partial charge >= 0.3 is 6.09 Å². The van der Waals surface area contributed by atoms with Crippen LogP contribution in [0.2, 0.25) is 0 Å². The summed E-state index contributed by atoms with van der Waals surface area (Å²) < 4.78 is 12.4. The Labute approximate surface area is 135 Å². The molecule has 0 bridgehead atoms. The Morgan fingerprint density at radius 3 is 2.96 bits per heavy atom. The summed E-state index contributed by atoms with van der Waals surface area (Å²) in [7, 11) is 2.03. The molecule has 1 aromatic carbocycles. The molecule has 2 N–H and O–H groups in total. The van der Waals surface area contributed by atoms with Crippen molar-refractivity contribution in [2.75, 3.05) is 38.2 Å². The van der Waals surface area contributed by atoms with Crippen LogP contribution in [0.1, 0.15) is 12.7 Å². The number of benzene rings is 1. The molecule has 23 heavy (non-hydrogen) atoms. The van der Waals surface area contributed by atoms with Crippen molar-refractivity contribution in [3.8, 4) is 0 Å². The molecule has 1 aromatic heterocycles. The first-order valence-corrected chi connectivity index (χ1v) is 7.98. The van der Waals surface area contributed by atoms with E-state index in [9.17, 15) is 4.79 Å². The quantitative estimate of drug-likeness (QED) is 0.864. The first-order valence-electron chi connectivity index (χ1n) is 7.98. The van der Waals surface area contributed by atoms with E-state index < -0.39 is 6.09 Å². The van der Waals surface area contributed by atoms with Crippen LogP contribution in [-0.2, 0) is 23.1 Å². The molecule has 1 saturated heterocycles. The molecule has 0 atom stereocenters. The summed E-state index contributed by atoms with van der Waals surface area (Å²) in [5.74, 6) is 1.05. The van der Waals surface area contributed by atoms with Gasteiger partial charge in [-0.25, -0.2) is 9.78 Å². The van der Waals surface area contributed by atoms with Crippen LogP contribution in [0, 0.1) is 0 Å². The summed E-state index contributed by atoms with van der Waals surface area (Å²) >= 11 is 0. The molecule has 0 radical (unpaired) electrons. The van der Waals surface area contributed by atoms with E-state index >= 15 is 0 Å². The lowest BCUT2D eigenvalue weighted by molar-refractivity contribution is -0.922. The average Bonchev–Trinajstić information content (AvgIpc) is 2.84. The Morgan fingerprint density at radius 2 is 2.22 bits per heavy atom. The number of aromatic nitrogens is 2.